The van der Waals surface area contributed by atoms with Crippen molar-refractivity contribution in [1.82, 2.24) is 25.2 Å². The van der Waals surface area contributed by atoms with E-state index in [-0.39, 0.29) is 17.9 Å². The minimum Gasteiger partial charge on any atom is -0.474 e. The van der Waals surface area contributed by atoms with E-state index >= 15 is 0 Å². The number of nitrogens with zero attached hydrogens (tertiary/aromatic N) is 4. The van der Waals surface area contributed by atoms with E-state index < -0.39 is 0 Å². The Balaban J connectivity index is 0.987. The Labute approximate surface area is 219 Å². The van der Waals surface area contributed by atoms with Crippen LogP contribution in [0.3, 0.4) is 0 Å². The van der Waals surface area contributed by atoms with Crippen LogP contribution in [0.4, 0.5) is 17.5 Å². The van der Waals surface area contributed by atoms with Crippen LogP contribution in [-0.4, -0.2) is 64.1 Å². The number of hydrogen-bond acceptors (Lipinski definition) is 8. The van der Waals surface area contributed by atoms with Crippen molar-refractivity contribution in [2.45, 2.75) is 82.3 Å². The highest BCUT2D eigenvalue weighted by atomic mass is 16.5. The number of carbonyl (C=O) groups excluding carboxylic acids is 1. The maximum atomic E-state index is 12.0. The van der Waals surface area contributed by atoms with E-state index in [1.807, 2.05) is 18.3 Å². The van der Waals surface area contributed by atoms with E-state index in [1.54, 1.807) is 6.20 Å². The molecule has 3 N–H and O–H groups in total. The van der Waals surface area contributed by atoms with E-state index in [0.29, 0.717) is 24.3 Å². The molecule has 0 bridgehead atoms. The second-order valence-corrected chi connectivity index (χ2v) is 11.1. The van der Waals surface area contributed by atoms with E-state index in [0.717, 1.165) is 69.3 Å². The fourth-order valence-corrected chi connectivity index (χ4v) is 5.23. The van der Waals surface area contributed by atoms with Crippen molar-refractivity contribution in [2.24, 2.45) is 5.92 Å². The van der Waals surface area contributed by atoms with Crippen LogP contribution in [-0.2, 0) is 4.79 Å². The third kappa shape index (κ3) is 6.50. The molecule has 198 valence electrons. The molecule has 0 unspecified atom stereocenters. The normalized spacial score (nSPS) is 20.8. The van der Waals surface area contributed by atoms with Crippen LogP contribution >= 0.6 is 0 Å². The Bertz CT molecular complexity index is 1060. The van der Waals surface area contributed by atoms with Gasteiger partial charge in [0.05, 0.1) is 11.9 Å². The second kappa shape index (κ2) is 11.2. The topological polar surface area (TPSA) is 104 Å². The van der Waals surface area contributed by atoms with Crippen molar-refractivity contribution in [3.63, 3.8) is 0 Å². The van der Waals surface area contributed by atoms with E-state index in [9.17, 15) is 4.79 Å². The molecule has 3 aliphatic carbocycles. The number of ether oxygens (including phenoxy) is 1. The van der Waals surface area contributed by atoms with Gasteiger partial charge in [-0.2, -0.15) is 4.98 Å². The van der Waals surface area contributed by atoms with Crippen molar-refractivity contribution < 1.29 is 9.53 Å². The minimum atomic E-state index is 0.211. The molecular weight excluding hydrogens is 466 g/mol. The lowest BCUT2D eigenvalue weighted by molar-refractivity contribution is -0.127. The molecule has 0 atom stereocenters. The van der Waals surface area contributed by atoms with Crippen LogP contribution in [0.15, 0.2) is 24.5 Å². The van der Waals surface area contributed by atoms with Gasteiger partial charge in [-0.25, -0.2) is 9.97 Å². The van der Waals surface area contributed by atoms with Crippen LogP contribution < -0.4 is 20.7 Å². The summed E-state index contributed by atoms with van der Waals surface area (Å²) in [5.41, 5.74) is 2.01. The van der Waals surface area contributed by atoms with Crippen LogP contribution in [0.1, 0.15) is 75.7 Å². The number of carbonyl (C=O) groups is 1. The molecule has 0 radical (unpaired) electrons. The van der Waals surface area contributed by atoms with Gasteiger partial charge < -0.3 is 25.6 Å². The molecule has 2 aromatic heterocycles. The Kier molecular flexibility index (Phi) is 7.39. The summed E-state index contributed by atoms with van der Waals surface area (Å²) < 4.78 is 6.15. The van der Waals surface area contributed by atoms with Crippen molar-refractivity contribution >= 4 is 23.4 Å². The van der Waals surface area contributed by atoms with Crippen LogP contribution in [0.2, 0.25) is 0 Å². The number of piperidine rings is 1. The van der Waals surface area contributed by atoms with Gasteiger partial charge in [-0.05, 0) is 69.8 Å². The summed E-state index contributed by atoms with van der Waals surface area (Å²) in [6.45, 7) is 3.72. The van der Waals surface area contributed by atoms with Crippen LogP contribution in [0, 0.1) is 5.92 Å². The van der Waals surface area contributed by atoms with Crippen LogP contribution in [0.25, 0.3) is 0 Å². The molecule has 1 aliphatic heterocycles. The highest BCUT2D eigenvalue weighted by molar-refractivity contribution is 5.79. The molecule has 6 rings (SSSR count). The predicted octanol–water partition coefficient (Wildman–Crippen LogP) is 4.22. The zero-order valence-electron chi connectivity index (χ0n) is 21.6. The van der Waals surface area contributed by atoms with Gasteiger partial charge in [0.25, 0.3) is 0 Å². The van der Waals surface area contributed by atoms with Gasteiger partial charge in [-0.3, -0.25) is 4.79 Å². The van der Waals surface area contributed by atoms with E-state index in [1.165, 1.54) is 37.7 Å². The minimum absolute atomic E-state index is 0.211. The second-order valence-electron chi connectivity index (χ2n) is 11.1. The molecule has 0 aromatic carbocycles. The van der Waals surface area contributed by atoms with Gasteiger partial charge in [0.1, 0.15) is 11.9 Å². The molecule has 3 saturated carbocycles. The number of rotatable bonds is 12. The SMILES string of the molecule is O=C(NCCCNc1nc(Nc2ccc(OC3CCN(C4CC4)CC3)nc2)ncc1C1CC1)C1CCC1. The summed E-state index contributed by atoms with van der Waals surface area (Å²) in [6, 6.07) is 4.73. The average Bonchev–Trinajstić information content (AvgIpc) is 3.79. The lowest BCUT2D eigenvalue weighted by atomic mass is 9.85. The molecule has 1 amide bonds. The van der Waals surface area contributed by atoms with Crippen molar-refractivity contribution in [2.75, 3.05) is 36.8 Å². The molecule has 3 heterocycles. The monoisotopic (exact) mass is 505 g/mol. The maximum Gasteiger partial charge on any atom is 0.229 e. The number of amides is 1. The summed E-state index contributed by atoms with van der Waals surface area (Å²) >= 11 is 0. The number of anilines is 3. The molecular formula is C28H39N7O2. The fraction of sp³-hybridized carbons (Fsp3) is 0.643. The summed E-state index contributed by atoms with van der Waals surface area (Å²) in [5, 5.41) is 9.82. The molecule has 9 heteroatoms. The smallest absolute Gasteiger partial charge is 0.229 e. The lowest BCUT2D eigenvalue weighted by Crippen LogP contribution is -2.39. The Morgan fingerprint density at radius 1 is 0.973 bits per heavy atom. The van der Waals surface area contributed by atoms with E-state index in [4.69, 9.17) is 9.72 Å². The third-order valence-electron chi connectivity index (χ3n) is 8.08. The fourth-order valence-electron chi connectivity index (χ4n) is 5.23. The number of hydrogen-bond donors (Lipinski definition) is 3. The van der Waals surface area contributed by atoms with Gasteiger partial charge in [0.15, 0.2) is 0 Å². The van der Waals surface area contributed by atoms with Gasteiger partial charge in [-0.1, -0.05) is 6.42 Å². The zero-order chi connectivity index (χ0) is 25.0. The third-order valence-corrected chi connectivity index (χ3v) is 8.08. The first-order valence-electron chi connectivity index (χ1n) is 14.2. The molecule has 9 nitrogen and oxygen atoms in total. The van der Waals surface area contributed by atoms with Crippen molar-refractivity contribution in [3.8, 4) is 5.88 Å². The maximum absolute atomic E-state index is 12.0. The van der Waals surface area contributed by atoms with Crippen molar-refractivity contribution in [1.29, 1.82) is 0 Å². The summed E-state index contributed by atoms with van der Waals surface area (Å²) in [4.78, 5) is 28.5. The highest BCUT2D eigenvalue weighted by Crippen LogP contribution is 2.42. The largest absolute Gasteiger partial charge is 0.474 e. The first kappa shape index (κ1) is 24.4. The number of aromatic nitrogens is 3. The molecule has 4 aliphatic rings. The average molecular weight is 506 g/mol. The number of pyridine rings is 1. The van der Waals surface area contributed by atoms with Crippen LogP contribution in [0.5, 0.6) is 5.88 Å². The standard InChI is InChI=1S/C28H39N7O2/c36-27(20-3-1-4-20)30-14-2-13-29-26-24(19-5-6-19)18-32-28(34-26)33-21-7-10-25(31-17-21)37-23-11-15-35(16-12-23)22-8-9-22/h7,10,17-20,22-23H,1-6,8-9,11-16H2,(H,30,36)(H2,29,32,33,34). The molecule has 2 aromatic rings. The quantitative estimate of drug-likeness (QED) is 0.369. The van der Waals surface area contributed by atoms with Gasteiger partial charge in [0, 0.05) is 56.0 Å². The lowest BCUT2D eigenvalue weighted by Gasteiger charge is -2.31. The summed E-state index contributed by atoms with van der Waals surface area (Å²) in [6.07, 6.45) is 15.3. The summed E-state index contributed by atoms with van der Waals surface area (Å²) in [5.74, 6) is 3.10. The predicted molar refractivity (Wildman–Crippen MR) is 143 cm³/mol. The number of nitrogens with one attached hydrogen (secondary N) is 3. The molecule has 4 fully saturated rings. The molecule has 37 heavy (non-hydrogen) atoms. The Morgan fingerprint density at radius 3 is 2.49 bits per heavy atom. The molecule has 0 spiro atoms. The first-order valence-corrected chi connectivity index (χ1v) is 14.2. The molecule has 1 saturated heterocycles. The Hall–Kier alpha value is -2.94. The first-order chi connectivity index (χ1) is 18.2. The van der Waals surface area contributed by atoms with E-state index in [2.05, 4.69) is 30.8 Å². The van der Waals surface area contributed by atoms with Gasteiger partial charge in [-0.15, -0.1) is 0 Å². The Morgan fingerprint density at radius 2 is 1.81 bits per heavy atom. The highest BCUT2D eigenvalue weighted by Gasteiger charge is 2.32. The van der Waals surface area contributed by atoms with Crippen molar-refractivity contribution in [3.05, 3.63) is 30.1 Å². The zero-order valence-corrected chi connectivity index (χ0v) is 21.6. The van der Waals surface area contributed by atoms with Gasteiger partial charge in [0.2, 0.25) is 17.7 Å². The number of likely N-dealkylation sites (tertiary alicyclic amines) is 1. The van der Waals surface area contributed by atoms with Gasteiger partial charge >= 0.3 is 0 Å². The summed E-state index contributed by atoms with van der Waals surface area (Å²) in [7, 11) is 0.